The molecular formula is C26H21ClN4O5S. The van der Waals surface area contributed by atoms with E-state index < -0.39 is 15.7 Å². The maximum atomic E-state index is 13.2. The first-order chi connectivity index (χ1) is 17.8. The minimum absolute atomic E-state index is 0.0328. The van der Waals surface area contributed by atoms with E-state index in [-0.39, 0.29) is 27.8 Å². The van der Waals surface area contributed by atoms with Crippen LogP contribution in [0.25, 0.3) is 22.4 Å². The van der Waals surface area contributed by atoms with Crippen molar-refractivity contribution >= 4 is 44.1 Å². The van der Waals surface area contributed by atoms with Crippen molar-refractivity contribution in [1.29, 1.82) is 0 Å². The summed E-state index contributed by atoms with van der Waals surface area (Å²) in [5, 5.41) is 8.44. The highest BCUT2D eigenvalue weighted by Crippen LogP contribution is 2.31. The standard InChI is InChI=1S/C26H21ClN4O5S/c1-16-25-22(23-4-3-11-36-23)9-10-28-26(25)31(30-16)15-24(32)29-18-12-19(35-2)14-21(13-18)37(33,34)20-7-5-17(27)6-8-20/h3-14H,15H2,1-2H3,(H,29,32). The van der Waals surface area contributed by atoms with E-state index in [0.29, 0.717) is 22.1 Å². The van der Waals surface area contributed by atoms with E-state index in [1.807, 2.05) is 19.1 Å². The number of rotatable bonds is 7. The molecule has 188 valence electrons. The normalized spacial score (nSPS) is 11.5. The van der Waals surface area contributed by atoms with Crippen molar-refractivity contribution in [2.75, 3.05) is 12.4 Å². The smallest absolute Gasteiger partial charge is 0.246 e. The van der Waals surface area contributed by atoms with Crippen molar-refractivity contribution in [3.63, 3.8) is 0 Å². The van der Waals surface area contributed by atoms with Gasteiger partial charge in [0.15, 0.2) is 5.65 Å². The number of carbonyl (C=O) groups excluding carboxylic acids is 1. The van der Waals surface area contributed by atoms with Gasteiger partial charge in [-0.15, -0.1) is 0 Å². The second-order valence-electron chi connectivity index (χ2n) is 8.18. The summed E-state index contributed by atoms with van der Waals surface area (Å²) in [5.74, 6) is 0.526. The molecule has 5 rings (SSSR count). The summed E-state index contributed by atoms with van der Waals surface area (Å²) in [4.78, 5) is 17.4. The summed E-state index contributed by atoms with van der Waals surface area (Å²) in [7, 11) is -2.47. The van der Waals surface area contributed by atoms with Crippen LogP contribution in [-0.2, 0) is 21.2 Å². The van der Waals surface area contributed by atoms with Crippen molar-refractivity contribution in [2.24, 2.45) is 0 Å². The second-order valence-corrected chi connectivity index (χ2v) is 10.6. The molecule has 0 unspecified atom stereocenters. The predicted octanol–water partition coefficient (Wildman–Crippen LogP) is 5.13. The van der Waals surface area contributed by atoms with Crippen LogP contribution >= 0.6 is 11.6 Å². The molecule has 0 radical (unpaired) electrons. The molecule has 3 aromatic heterocycles. The summed E-state index contributed by atoms with van der Waals surface area (Å²) >= 11 is 5.90. The predicted molar refractivity (Wildman–Crippen MR) is 138 cm³/mol. The topological polar surface area (TPSA) is 116 Å². The molecule has 1 amide bonds. The lowest BCUT2D eigenvalue weighted by Crippen LogP contribution is -2.20. The van der Waals surface area contributed by atoms with Crippen LogP contribution in [0.5, 0.6) is 5.75 Å². The van der Waals surface area contributed by atoms with Crippen molar-refractivity contribution < 1.29 is 22.4 Å². The highest BCUT2D eigenvalue weighted by Gasteiger charge is 2.21. The lowest BCUT2D eigenvalue weighted by atomic mass is 10.1. The quantitative estimate of drug-likeness (QED) is 0.306. The van der Waals surface area contributed by atoms with Crippen molar-refractivity contribution in [1.82, 2.24) is 14.8 Å². The summed E-state index contributed by atoms with van der Waals surface area (Å²) in [5.41, 5.74) is 2.30. The molecule has 0 spiro atoms. The van der Waals surface area contributed by atoms with Crippen molar-refractivity contribution in [3.05, 3.63) is 83.8 Å². The molecule has 0 atom stereocenters. The Morgan fingerprint density at radius 2 is 1.89 bits per heavy atom. The number of benzene rings is 2. The highest BCUT2D eigenvalue weighted by molar-refractivity contribution is 7.91. The zero-order valence-corrected chi connectivity index (χ0v) is 21.4. The number of fused-ring (bicyclic) bond motifs is 1. The number of nitrogens with one attached hydrogen (secondary N) is 1. The third-order valence-electron chi connectivity index (χ3n) is 5.72. The molecule has 5 aromatic rings. The van der Waals surface area contributed by atoms with Gasteiger partial charge in [-0.1, -0.05) is 11.6 Å². The Balaban J connectivity index is 1.44. The maximum absolute atomic E-state index is 13.2. The molecular weight excluding hydrogens is 516 g/mol. The number of anilines is 1. The van der Waals surface area contributed by atoms with Gasteiger partial charge in [0.25, 0.3) is 0 Å². The molecule has 9 nitrogen and oxygen atoms in total. The van der Waals surface area contributed by atoms with Gasteiger partial charge >= 0.3 is 0 Å². The van der Waals surface area contributed by atoms with E-state index in [1.165, 1.54) is 48.2 Å². The number of pyridine rings is 1. The number of hydrogen-bond donors (Lipinski definition) is 1. The van der Waals surface area contributed by atoms with Gasteiger partial charge in [-0.25, -0.2) is 18.1 Å². The maximum Gasteiger partial charge on any atom is 0.246 e. The third kappa shape index (κ3) is 4.81. The number of furan rings is 1. The Morgan fingerprint density at radius 3 is 2.59 bits per heavy atom. The van der Waals surface area contributed by atoms with Gasteiger partial charge < -0.3 is 14.5 Å². The number of halogens is 1. The number of sulfone groups is 1. The van der Waals surface area contributed by atoms with Gasteiger partial charge in [-0.2, -0.15) is 5.10 Å². The van der Waals surface area contributed by atoms with E-state index in [4.69, 9.17) is 20.8 Å². The number of aryl methyl sites for hydroxylation is 1. The Morgan fingerprint density at radius 1 is 1.11 bits per heavy atom. The van der Waals surface area contributed by atoms with Crippen LogP contribution in [-0.4, -0.2) is 36.2 Å². The zero-order chi connectivity index (χ0) is 26.2. The Kier molecular flexibility index (Phi) is 6.45. The average Bonchev–Trinajstić information content (AvgIpc) is 3.53. The van der Waals surface area contributed by atoms with E-state index in [1.54, 1.807) is 24.6 Å². The highest BCUT2D eigenvalue weighted by atomic mass is 35.5. The molecule has 0 aliphatic heterocycles. The molecule has 11 heteroatoms. The number of carbonyl (C=O) groups is 1. The van der Waals surface area contributed by atoms with E-state index >= 15 is 0 Å². The van der Waals surface area contributed by atoms with Crippen LogP contribution < -0.4 is 10.1 Å². The van der Waals surface area contributed by atoms with Crippen LogP contribution in [0.1, 0.15) is 5.69 Å². The third-order valence-corrected chi connectivity index (χ3v) is 7.72. The Bertz CT molecular complexity index is 1710. The van der Waals surface area contributed by atoms with E-state index in [9.17, 15) is 13.2 Å². The largest absolute Gasteiger partial charge is 0.497 e. The molecule has 0 fully saturated rings. The minimum Gasteiger partial charge on any atom is -0.497 e. The average molecular weight is 537 g/mol. The molecule has 0 aliphatic carbocycles. The number of ether oxygens (including phenoxy) is 1. The number of amides is 1. The fourth-order valence-corrected chi connectivity index (χ4v) is 5.48. The van der Waals surface area contributed by atoms with E-state index in [2.05, 4.69) is 15.4 Å². The van der Waals surface area contributed by atoms with Crippen LogP contribution in [0.4, 0.5) is 5.69 Å². The fourth-order valence-electron chi connectivity index (χ4n) is 4.03. The van der Waals surface area contributed by atoms with E-state index in [0.717, 1.165) is 10.9 Å². The molecule has 37 heavy (non-hydrogen) atoms. The van der Waals surface area contributed by atoms with Crippen molar-refractivity contribution in [3.8, 4) is 17.1 Å². The summed E-state index contributed by atoms with van der Waals surface area (Å²) < 4.78 is 38.7. The van der Waals surface area contributed by atoms with Gasteiger partial charge in [-0.3, -0.25) is 4.79 Å². The van der Waals surface area contributed by atoms with Crippen LogP contribution in [0, 0.1) is 6.92 Å². The monoisotopic (exact) mass is 536 g/mol. The number of nitrogens with zero attached hydrogens (tertiary/aromatic N) is 3. The Hall–Kier alpha value is -4.15. The number of aromatic nitrogens is 3. The first kappa shape index (κ1) is 24.5. The number of hydrogen-bond acceptors (Lipinski definition) is 7. The SMILES string of the molecule is COc1cc(NC(=O)Cn2nc(C)c3c(-c4ccco4)ccnc32)cc(S(=O)(=O)c2ccc(Cl)cc2)c1. The zero-order valence-electron chi connectivity index (χ0n) is 19.8. The first-order valence-corrected chi connectivity index (χ1v) is 13.0. The van der Waals surface area contributed by atoms with Crippen molar-refractivity contribution in [2.45, 2.75) is 23.3 Å². The van der Waals surface area contributed by atoms with Gasteiger partial charge in [-0.05, 0) is 61.5 Å². The van der Waals surface area contributed by atoms with Gasteiger partial charge in [0.2, 0.25) is 15.7 Å². The van der Waals surface area contributed by atoms with Crippen LogP contribution in [0.3, 0.4) is 0 Å². The second kappa shape index (κ2) is 9.72. The molecule has 2 aromatic carbocycles. The molecule has 1 N–H and O–H groups in total. The number of methoxy groups -OCH3 is 1. The van der Waals surface area contributed by atoms with Gasteiger partial charge in [0.05, 0.1) is 34.2 Å². The summed E-state index contributed by atoms with van der Waals surface area (Å²) in [6.45, 7) is 1.69. The van der Waals surface area contributed by atoms with Gasteiger partial charge in [0.1, 0.15) is 18.1 Å². The van der Waals surface area contributed by atoms with Crippen LogP contribution in [0.2, 0.25) is 5.02 Å². The Labute approximate surface area is 217 Å². The fraction of sp³-hybridized carbons (Fsp3) is 0.115. The van der Waals surface area contributed by atoms with Crippen LogP contribution in [0.15, 0.2) is 87.3 Å². The minimum atomic E-state index is -3.88. The summed E-state index contributed by atoms with van der Waals surface area (Å²) in [6, 6.07) is 15.6. The molecule has 0 aliphatic rings. The van der Waals surface area contributed by atoms with Gasteiger partial charge in [0, 0.05) is 28.5 Å². The molecule has 0 saturated carbocycles. The molecule has 0 saturated heterocycles. The lowest BCUT2D eigenvalue weighted by molar-refractivity contribution is -0.116. The first-order valence-electron chi connectivity index (χ1n) is 11.1. The molecule has 3 heterocycles. The molecule has 0 bridgehead atoms. The summed E-state index contributed by atoms with van der Waals surface area (Å²) in [6.07, 6.45) is 3.22. The lowest BCUT2D eigenvalue weighted by Gasteiger charge is -2.12.